The number of carbonyl (C=O) groups excluding carboxylic acids is 2. The van der Waals surface area contributed by atoms with E-state index in [2.05, 4.69) is 10.6 Å². The van der Waals surface area contributed by atoms with Crippen molar-refractivity contribution < 1.29 is 19.5 Å². The van der Waals surface area contributed by atoms with Gasteiger partial charge in [0.1, 0.15) is 0 Å². The van der Waals surface area contributed by atoms with E-state index in [1.54, 1.807) is 25.1 Å². The van der Waals surface area contributed by atoms with Crippen LogP contribution in [0.5, 0.6) is 0 Å². The number of carbonyl (C=O) groups is 3. The number of amides is 2. The second-order valence-electron chi connectivity index (χ2n) is 7.67. The normalized spacial score (nSPS) is 17.0. The highest BCUT2D eigenvalue weighted by molar-refractivity contribution is 6.00. The molecular formula is C21H30N2O4. The van der Waals surface area contributed by atoms with Crippen LogP contribution >= 0.6 is 0 Å². The molecule has 0 aliphatic heterocycles. The number of nitrogens with one attached hydrogen (secondary N) is 2. The number of aryl methyl sites for hydroxylation is 1. The summed E-state index contributed by atoms with van der Waals surface area (Å²) >= 11 is 0. The molecule has 0 spiro atoms. The number of benzene rings is 1. The first kappa shape index (κ1) is 20.9. The lowest BCUT2D eigenvalue weighted by Crippen LogP contribution is -2.42. The van der Waals surface area contributed by atoms with Crippen molar-refractivity contribution in [2.75, 3.05) is 11.9 Å². The first-order chi connectivity index (χ1) is 12.8. The van der Waals surface area contributed by atoms with Gasteiger partial charge in [0.15, 0.2) is 0 Å². The fourth-order valence-corrected chi connectivity index (χ4v) is 3.89. The van der Waals surface area contributed by atoms with Gasteiger partial charge in [-0.05, 0) is 57.2 Å². The van der Waals surface area contributed by atoms with Crippen LogP contribution in [-0.4, -0.2) is 29.4 Å². The van der Waals surface area contributed by atoms with Crippen molar-refractivity contribution in [3.8, 4) is 0 Å². The molecule has 1 saturated carbocycles. The van der Waals surface area contributed by atoms with Crippen molar-refractivity contribution >= 4 is 23.5 Å². The third-order valence-corrected chi connectivity index (χ3v) is 5.63. The molecule has 3 N–H and O–H groups in total. The third-order valence-electron chi connectivity index (χ3n) is 5.63. The van der Waals surface area contributed by atoms with E-state index in [0.29, 0.717) is 17.8 Å². The lowest BCUT2D eigenvalue weighted by atomic mass is 9.67. The molecule has 0 bridgehead atoms. The predicted molar refractivity (Wildman–Crippen MR) is 105 cm³/mol. The predicted octanol–water partition coefficient (Wildman–Crippen LogP) is 3.74. The van der Waals surface area contributed by atoms with E-state index in [0.717, 1.165) is 37.7 Å². The first-order valence-corrected chi connectivity index (χ1v) is 9.70. The Morgan fingerprint density at radius 2 is 1.85 bits per heavy atom. The van der Waals surface area contributed by atoms with Crippen molar-refractivity contribution in [1.29, 1.82) is 0 Å². The molecule has 0 heterocycles. The number of hydrogen-bond donors (Lipinski definition) is 3. The van der Waals surface area contributed by atoms with Gasteiger partial charge in [-0.1, -0.05) is 25.3 Å². The number of carboxylic acid groups (broad SMARTS) is 1. The van der Waals surface area contributed by atoms with Crippen molar-refractivity contribution in [1.82, 2.24) is 5.32 Å². The Labute approximate surface area is 160 Å². The summed E-state index contributed by atoms with van der Waals surface area (Å²) in [6.07, 6.45) is 4.73. The second kappa shape index (κ2) is 9.02. The topological polar surface area (TPSA) is 95.5 Å². The van der Waals surface area contributed by atoms with E-state index in [9.17, 15) is 19.5 Å². The Morgan fingerprint density at radius 1 is 1.19 bits per heavy atom. The summed E-state index contributed by atoms with van der Waals surface area (Å²) < 4.78 is 0. The highest BCUT2D eigenvalue weighted by Crippen LogP contribution is 2.42. The van der Waals surface area contributed by atoms with Crippen LogP contribution < -0.4 is 10.6 Å². The van der Waals surface area contributed by atoms with Crippen LogP contribution in [0.4, 0.5) is 5.69 Å². The molecule has 2 rings (SSSR count). The Hall–Kier alpha value is -2.37. The number of anilines is 1. The molecule has 1 aromatic carbocycles. The smallest absolute Gasteiger partial charge is 0.304 e. The standard InChI is InChI=1S/C21H30N2O4/c1-4-22-19(26)15-11-10-14(2)17(12-15)23-20(27)21(3,13-18(24)25)16-8-6-5-7-9-16/h10-12,16H,4-9,13H2,1-3H3,(H,22,26)(H,23,27)(H,24,25). The molecule has 6 heteroatoms. The highest BCUT2D eigenvalue weighted by Gasteiger charge is 2.43. The molecule has 148 valence electrons. The average Bonchev–Trinajstić information content (AvgIpc) is 2.63. The van der Waals surface area contributed by atoms with Gasteiger partial charge in [0.05, 0.1) is 11.8 Å². The molecule has 0 saturated heterocycles. The van der Waals surface area contributed by atoms with E-state index in [1.807, 2.05) is 13.8 Å². The number of aliphatic carboxylic acids is 1. The molecule has 1 aromatic rings. The first-order valence-electron chi connectivity index (χ1n) is 9.70. The lowest BCUT2D eigenvalue weighted by molar-refractivity contribution is -0.145. The Balaban J connectivity index is 2.27. The number of rotatable bonds is 7. The summed E-state index contributed by atoms with van der Waals surface area (Å²) in [5.74, 6) is -1.40. The van der Waals surface area contributed by atoms with Crippen LogP contribution in [0, 0.1) is 18.3 Å². The van der Waals surface area contributed by atoms with Crippen molar-refractivity contribution in [3.63, 3.8) is 0 Å². The highest BCUT2D eigenvalue weighted by atomic mass is 16.4. The maximum Gasteiger partial charge on any atom is 0.304 e. The minimum Gasteiger partial charge on any atom is -0.481 e. The zero-order chi connectivity index (χ0) is 20.0. The molecule has 1 fully saturated rings. The van der Waals surface area contributed by atoms with Gasteiger partial charge in [0.2, 0.25) is 5.91 Å². The van der Waals surface area contributed by atoms with E-state index < -0.39 is 11.4 Å². The second-order valence-corrected chi connectivity index (χ2v) is 7.67. The maximum absolute atomic E-state index is 13.2. The molecule has 1 unspecified atom stereocenters. The van der Waals surface area contributed by atoms with Gasteiger partial charge in [-0.15, -0.1) is 0 Å². The number of carboxylic acids is 1. The van der Waals surface area contributed by atoms with Gasteiger partial charge >= 0.3 is 5.97 Å². The zero-order valence-corrected chi connectivity index (χ0v) is 16.4. The summed E-state index contributed by atoms with van der Waals surface area (Å²) in [6, 6.07) is 5.16. The molecule has 1 aliphatic carbocycles. The van der Waals surface area contributed by atoms with Gasteiger partial charge in [0, 0.05) is 17.8 Å². The maximum atomic E-state index is 13.2. The summed E-state index contributed by atoms with van der Waals surface area (Å²) in [5.41, 5.74) is 0.879. The monoisotopic (exact) mass is 374 g/mol. The van der Waals surface area contributed by atoms with Crippen LogP contribution in [0.25, 0.3) is 0 Å². The Kier molecular flexibility index (Phi) is 6.99. The zero-order valence-electron chi connectivity index (χ0n) is 16.4. The quantitative estimate of drug-likeness (QED) is 0.677. The molecule has 1 atom stereocenters. The van der Waals surface area contributed by atoms with Gasteiger partial charge in [-0.2, -0.15) is 0 Å². The fraction of sp³-hybridized carbons (Fsp3) is 0.571. The van der Waals surface area contributed by atoms with E-state index in [1.165, 1.54) is 0 Å². The average molecular weight is 374 g/mol. The molecule has 27 heavy (non-hydrogen) atoms. The summed E-state index contributed by atoms with van der Waals surface area (Å²) in [5, 5.41) is 15.0. The fourth-order valence-electron chi connectivity index (χ4n) is 3.89. The summed E-state index contributed by atoms with van der Waals surface area (Å²) in [7, 11) is 0. The van der Waals surface area contributed by atoms with Crippen LogP contribution in [0.1, 0.15) is 68.3 Å². The SMILES string of the molecule is CCNC(=O)c1ccc(C)c(NC(=O)C(C)(CC(=O)O)C2CCCCC2)c1. The summed E-state index contributed by atoms with van der Waals surface area (Å²) in [6.45, 7) is 5.98. The van der Waals surface area contributed by atoms with Crippen molar-refractivity contribution in [2.45, 2.75) is 59.3 Å². The van der Waals surface area contributed by atoms with Gasteiger partial charge < -0.3 is 15.7 Å². The summed E-state index contributed by atoms with van der Waals surface area (Å²) in [4.78, 5) is 36.7. The van der Waals surface area contributed by atoms with E-state index in [4.69, 9.17) is 0 Å². The molecule has 1 aliphatic rings. The number of hydrogen-bond acceptors (Lipinski definition) is 3. The van der Waals surface area contributed by atoms with Crippen molar-refractivity contribution in [3.05, 3.63) is 29.3 Å². The molecule has 2 amide bonds. The van der Waals surface area contributed by atoms with Crippen LogP contribution in [0.2, 0.25) is 0 Å². The van der Waals surface area contributed by atoms with E-state index in [-0.39, 0.29) is 24.2 Å². The van der Waals surface area contributed by atoms with E-state index >= 15 is 0 Å². The largest absolute Gasteiger partial charge is 0.481 e. The third kappa shape index (κ3) is 5.08. The van der Waals surface area contributed by atoms with Gasteiger partial charge in [-0.25, -0.2) is 0 Å². The van der Waals surface area contributed by atoms with Gasteiger partial charge in [-0.3, -0.25) is 14.4 Å². The van der Waals surface area contributed by atoms with Crippen LogP contribution in [-0.2, 0) is 9.59 Å². The van der Waals surface area contributed by atoms with Crippen LogP contribution in [0.3, 0.4) is 0 Å². The van der Waals surface area contributed by atoms with Crippen LogP contribution in [0.15, 0.2) is 18.2 Å². The molecular weight excluding hydrogens is 344 g/mol. The molecule has 0 radical (unpaired) electrons. The Morgan fingerprint density at radius 3 is 2.44 bits per heavy atom. The minimum absolute atomic E-state index is 0.0502. The van der Waals surface area contributed by atoms with Crippen molar-refractivity contribution in [2.24, 2.45) is 11.3 Å². The molecule has 0 aromatic heterocycles. The Bertz CT molecular complexity index is 710. The van der Waals surface area contributed by atoms with Gasteiger partial charge in [0.25, 0.3) is 5.91 Å². The minimum atomic E-state index is -0.972. The molecule has 6 nitrogen and oxygen atoms in total. The lowest BCUT2D eigenvalue weighted by Gasteiger charge is -2.37.